The van der Waals surface area contributed by atoms with Crippen LogP contribution in [0.15, 0.2) is 48.5 Å². The number of phenols is 1. The number of fused-ring (bicyclic) bond motifs is 1. The van der Waals surface area contributed by atoms with Gasteiger partial charge in [-0.3, -0.25) is 4.79 Å². The number of hydrogen-bond donors (Lipinski definition) is 2. The monoisotopic (exact) mass is 313 g/mol. The van der Waals surface area contributed by atoms with Gasteiger partial charge in [0.1, 0.15) is 11.5 Å². The molecule has 2 aromatic carbocycles. The zero-order valence-corrected chi connectivity index (χ0v) is 12.7. The number of amides is 1. The molecular formula is C18H19NO4. The second kappa shape index (κ2) is 6.71. The standard InChI is InChI=1S/C18H19NO4/c20-10-4-9-19-15-8-7-14(21)12-16(15)23-17(18(19)22)11-13-5-2-1-3-6-13/h1-3,5-8,12,17,20-21H,4,9-11H2. The number of anilines is 1. The zero-order valence-electron chi connectivity index (χ0n) is 12.7. The highest BCUT2D eigenvalue weighted by Crippen LogP contribution is 2.37. The molecule has 1 aliphatic rings. The van der Waals surface area contributed by atoms with Crippen LogP contribution in [0.4, 0.5) is 5.69 Å². The normalized spacial score (nSPS) is 16.8. The predicted octanol–water partition coefficient (Wildman–Crippen LogP) is 2.11. The summed E-state index contributed by atoms with van der Waals surface area (Å²) in [5.74, 6) is 0.461. The van der Waals surface area contributed by atoms with E-state index in [4.69, 9.17) is 9.84 Å². The molecule has 1 heterocycles. The Bertz CT molecular complexity index is 687. The van der Waals surface area contributed by atoms with Gasteiger partial charge in [0.2, 0.25) is 0 Å². The number of aliphatic hydroxyl groups is 1. The van der Waals surface area contributed by atoms with Gasteiger partial charge in [0.15, 0.2) is 6.10 Å². The van der Waals surface area contributed by atoms with E-state index in [2.05, 4.69) is 0 Å². The van der Waals surface area contributed by atoms with Gasteiger partial charge in [-0.25, -0.2) is 0 Å². The SMILES string of the molecule is O=C1C(Cc2ccccc2)Oc2cc(O)ccc2N1CCCO. The number of phenolic OH excluding ortho intramolecular Hbond substituents is 1. The minimum atomic E-state index is -0.634. The van der Waals surface area contributed by atoms with Gasteiger partial charge in [0.05, 0.1) is 5.69 Å². The average Bonchev–Trinajstić information content (AvgIpc) is 2.56. The molecule has 120 valence electrons. The second-order valence-electron chi connectivity index (χ2n) is 5.52. The number of hydrogen-bond acceptors (Lipinski definition) is 4. The summed E-state index contributed by atoms with van der Waals surface area (Å²) in [5.41, 5.74) is 1.64. The summed E-state index contributed by atoms with van der Waals surface area (Å²) in [5, 5.41) is 18.7. The molecule has 1 amide bonds. The van der Waals surface area contributed by atoms with Gasteiger partial charge in [-0.05, 0) is 24.1 Å². The molecule has 0 spiro atoms. The van der Waals surface area contributed by atoms with Gasteiger partial charge in [-0.15, -0.1) is 0 Å². The molecule has 0 saturated carbocycles. The van der Waals surface area contributed by atoms with Gasteiger partial charge in [-0.1, -0.05) is 30.3 Å². The van der Waals surface area contributed by atoms with Gasteiger partial charge in [0, 0.05) is 25.6 Å². The lowest BCUT2D eigenvalue weighted by atomic mass is 10.0. The maximum Gasteiger partial charge on any atom is 0.268 e. The summed E-state index contributed by atoms with van der Waals surface area (Å²) in [6.45, 7) is 0.434. The van der Waals surface area contributed by atoms with E-state index < -0.39 is 6.10 Å². The average molecular weight is 313 g/mol. The smallest absolute Gasteiger partial charge is 0.268 e. The highest BCUT2D eigenvalue weighted by molar-refractivity contribution is 6.00. The van der Waals surface area contributed by atoms with E-state index in [1.807, 2.05) is 30.3 Å². The van der Waals surface area contributed by atoms with E-state index in [0.717, 1.165) is 5.56 Å². The zero-order chi connectivity index (χ0) is 16.2. The van der Waals surface area contributed by atoms with Crippen molar-refractivity contribution in [1.29, 1.82) is 0 Å². The van der Waals surface area contributed by atoms with Crippen molar-refractivity contribution in [3.8, 4) is 11.5 Å². The molecule has 2 aromatic rings. The summed E-state index contributed by atoms with van der Waals surface area (Å²) < 4.78 is 5.83. The molecule has 1 atom stereocenters. The molecule has 0 aromatic heterocycles. The Labute approximate surface area is 134 Å². The first kappa shape index (κ1) is 15.4. The number of carbonyl (C=O) groups is 1. The third-order valence-electron chi connectivity index (χ3n) is 3.85. The lowest BCUT2D eigenvalue weighted by Gasteiger charge is -2.34. The van der Waals surface area contributed by atoms with E-state index in [-0.39, 0.29) is 18.3 Å². The Hall–Kier alpha value is -2.53. The van der Waals surface area contributed by atoms with E-state index in [1.165, 1.54) is 12.1 Å². The third-order valence-corrected chi connectivity index (χ3v) is 3.85. The van der Waals surface area contributed by atoms with Crippen LogP contribution in [-0.4, -0.2) is 35.4 Å². The fourth-order valence-electron chi connectivity index (χ4n) is 2.73. The van der Waals surface area contributed by atoms with Crippen molar-refractivity contribution >= 4 is 11.6 Å². The Morgan fingerprint density at radius 2 is 1.91 bits per heavy atom. The number of ether oxygens (including phenoxy) is 1. The van der Waals surface area contributed by atoms with Crippen molar-refractivity contribution in [3.63, 3.8) is 0 Å². The Morgan fingerprint density at radius 1 is 1.13 bits per heavy atom. The third kappa shape index (κ3) is 3.29. The fourth-order valence-corrected chi connectivity index (χ4v) is 2.73. The summed E-state index contributed by atoms with van der Waals surface area (Å²) >= 11 is 0. The number of nitrogens with zero attached hydrogens (tertiary/aromatic N) is 1. The number of benzene rings is 2. The fraction of sp³-hybridized carbons (Fsp3) is 0.278. The molecule has 5 nitrogen and oxygen atoms in total. The maximum atomic E-state index is 12.7. The number of carbonyl (C=O) groups excluding carboxylic acids is 1. The molecule has 23 heavy (non-hydrogen) atoms. The molecule has 2 N–H and O–H groups in total. The van der Waals surface area contributed by atoms with Gasteiger partial charge in [0.25, 0.3) is 5.91 Å². The minimum Gasteiger partial charge on any atom is -0.508 e. The Morgan fingerprint density at radius 3 is 2.65 bits per heavy atom. The van der Waals surface area contributed by atoms with Crippen LogP contribution in [0.3, 0.4) is 0 Å². The lowest BCUT2D eigenvalue weighted by molar-refractivity contribution is -0.126. The van der Waals surface area contributed by atoms with E-state index in [9.17, 15) is 9.90 Å². The van der Waals surface area contributed by atoms with E-state index >= 15 is 0 Å². The van der Waals surface area contributed by atoms with Crippen molar-refractivity contribution in [2.45, 2.75) is 18.9 Å². The highest BCUT2D eigenvalue weighted by atomic mass is 16.5. The largest absolute Gasteiger partial charge is 0.508 e. The topological polar surface area (TPSA) is 70.0 Å². The van der Waals surface area contributed by atoms with Crippen LogP contribution < -0.4 is 9.64 Å². The number of aliphatic hydroxyl groups excluding tert-OH is 1. The van der Waals surface area contributed by atoms with Crippen LogP contribution in [-0.2, 0) is 11.2 Å². The lowest BCUT2D eigenvalue weighted by Crippen LogP contribution is -2.47. The Kier molecular flexibility index (Phi) is 4.48. The number of rotatable bonds is 5. The summed E-state index contributed by atoms with van der Waals surface area (Å²) in [7, 11) is 0. The first-order chi connectivity index (χ1) is 11.2. The molecule has 0 bridgehead atoms. The summed E-state index contributed by atoms with van der Waals surface area (Å²) in [4.78, 5) is 14.4. The van der Waals surface area contributed by atoms with Crippen molar-refractivity contribution in [2.75, 3.05) is 18.1 Å². The molecule has 1 unspecified atom stereocenters. The van der Waals surface area contributed by atoms with Crippen molar-refractivity contribution in [2.24, 2.45) is 0 Å². The molecular weight excluding hydrogens is 294 g/mol. The van der Waals surface area contributed by atoms with Crippen LogP contribution in [0.5, 0.6) is 11.5 Å². The van der Waals surface area contributed by atoms with E-state index in [0.29, 0.717) is 30.8 Å². The van der Waals surface area contributed by atoms with Gasteiger partial charge in [-0.2, -0.15) is 0 Å². The quantitative estimate of drug-likeness (QED) is 0.887. The van der Waals surface area contributed by atoms with Crippen LogP contribution in [0, 0.1) is 0 Å². The van der Waals surface area contributed by atoms with Gasteiger partial charge >= 0.3 is 0 Å². The van der Waals surface area contributed by atoms with Crippen LogP contribution in [0.1, 0.15) is 12.0 Å². The molecule has 1 aliphatic heterocycles. The minimum absolute atomic E-state index is 0.0153. The highest BCUT2D eigenvalue weighted by Gasteiger charge is 2.34. The summed E-state index contributed by atoms with van der Waals surface area (Å²) in [6.07, 6.45) is 0.319. The van der Waals surface area contributed by atoms with Crippen LogP contribution in [0.2, 0.25) is 0 Å². The van der Waals surface area contributed by atoms with Crippen molar-refractivity contribution in [3.05, 3.63) is 54.1 Å². The van der Waals surface area contributed by atoms with Crippen LogP contribution in [0.25, 0.3) is 0 Å². The van der Waals surface area contributed by atoms with Gasteiger partial charge < -0.3 is 19.8 Å². The molecule has 5 heteroatoms. The molecule has 0 radical (unpaired) electrons. The van der Waals surface area contributed by atoms with Crippen molar-refractivity contribution in [1.82, 2.24) is 0 Å². The Balaban J connectivity index is 1.89. The molecule has 0 saturated heterocycles. The maximum absolute atomic E-state index is 12.7. The first-order valence-corrected chi connectivity index (χ1v) is 7.65. The molecule has 0 aliphatic carbocycles. The number of aromatic hydroxyl groups is 1. The molecule has 0 fully saturated rings. The predicted molar refractivity (Wildman–Crippen MR) is 86.7 cm³/mol. The van der Waals surface area contributed by atoms with E-state index in [1.54, 1.807) is 11.0 Å². The van der Waals surface area contributed by atoms with Crippen molar-refractivity contribution < 1.29 is 19.7 Å². The van der Waals surface area contributed by atoms with Crippen LogP contribution >= 0.6 is 0 Å². The second-order valence-corrected chi connectivity index (χ2v) is 5.52. The molecule has 3 rings (SSSR count). The first-order valence-electron chi connectivity index (χ1n) is 7.65. The summed E-state index contributed by atoms with van der Waals surface area (Å²) in [6, 6.07) is 14.4.